The van der Waals surface area contributed by atoms with Crippen LogP contribution in [-0.4, -0.2) is 18.7 Å². The molecule has 1 aromatic carbocycles. The minimum atomic E-state index is -4.38. The molecule has 0 unspecified atom stereocenters. The largest absolute Gasteiger partial charge is 0.484 e. The van der Waals surface area contributed by atoms with E-state index >= 15 is 0 Å². The number of halogens is 4. The van der Waals surface area contributed by atoms with E-state index in [1.807, 2.05) is 0 Å². The number of amides is 1. The molecule has 21 heavy (non-hydrogen) atoms. The number of benzene rings is 1. The van der Waals surface area contributed by atoms with Gasteiger partial charge < -0.3 is 10.1 Å². The Bertz CT molecular complexity index is 625. The molecule has 0 aliphatic carbocycles. The normalized spacial score (nSPS) is 11.2. The molecule has 8 heteroatoms. The highest BCUT2D eigenvalue weighted by molar-refractivity contribution is 9.11. The molecule has 0 saturated heterocycles. The zero-order valence-electron chi connectivity index (χ0n) is 10.4. The molecule has 0 aliphatic rings. The van der Waals surface area contributed by atoms with E-state index in [9.17, 15) is 18.0 Å². The fourth-order valence-electron chi connectivity index (χ4n) is 1.43. The van der Waals surface area contributed by atoms with Gasteiger partial charge in [-0.15, -0.1) is 11.3 Å². The van der Waals surface area contributed by atoms with Crippen molar-refractivity contribution in [2.24, 2.45) is 0 Å². The third-order valence-electron chi connectivity index (χ3n) is 2.34. The first kappa shape index (κ1) is 15.8. The lowest BCUT2D eigenvalue weighted by atomic mass is 10.2. The van der Waals surface area contributed by atoms with E-state index in [0.717, 1.165) is 3.79 Å². The number of hydrogen-bond donors (Lipinski definition) is 1. The van der Waals surface area contributed by atoms with Crippen LogP contribution in [0.2, 0.25) is 0 Å². The number of carbonyl (C=O) groups excluding carboxylic acids is 1. The fourth-order valence-corrected chi connectivity index (χ4v) is 2.57. The topological polar surface area (TPSA) is 38.3 Å². The second kappa shape index (κ2) is 6.48. The summed E-state index contributed by atoms with van der Waals surface area (Å²) in [5.41, 5.74) is 0.978. The maximum Gasteiger partial charge on any atom is 0.422 e. The van der Waals surface area contributed by atoms with Crippen LogP contribution in [0.15, 0.2) is 39.5 Å². The number of thiophene rings is 1. The Morgan fingerprint density at radius 1 is 1.29 bits per heavy atom. The maximum atomic E-state index is 12.0. The van der Waals surface area contributed by atoms with Crippen molar-refractivity contribution in [3.8, 4) is 5.75 Å². The summed E-state index contributed by atoms with van der Waals surface area (Å²) in [7, 11) is 0. The van der Waals surface area contributed by atoms with E-state index in [-0.39, 0.29) is 11.7 Å². The van der Waals surface area contributed by atoms with Gasteiger partial charge in [-0.1, -0.05) is 0 Å². The Balaban J connectivity index is 1.94. The van der Waals surface area contributed by atoms with Gasteiger partial charge in [0.15, 0.2) is 6.61 Å². The van der Waals surface area contributed by atoms with Gasteiger partial charge in [0.1, 0.15) is 5.75 Å². The zero-order valence-corrected chi connectivity index (χ0v) is 12.8. The van der Waals surface area contributed by atoms with Crippen molar-refractivity contribution in [2.75, 3.05) is 11.9 Å². The van der Waals surface area contributed by atoms with E-state index in [1.165, 1.54) is 35.6 Å². The van der Waals surface area contributed by atoms with Crippen molar-refractivity contribution in [2.45, 2.75) is 6.18 Å². The van der Waals surface area contributed by atoms with Crippen LogP contribution in [0.4, 0.5) is 18.9 Å². The Hall–Kier alpha value is -1.54. The van der Waals surface area contributed by atoms with Crippen LogP contribution in [0.25, 0.3) is 0 Å². The molecule has 0 saturated carbocycles. The molecule has 1 heterocycles. The lowest BCUT2D eigenvalue weighted by Crippen LogP contribution is -2.19. The quantitative estimate of drug-likeness (QED) is 0.835. The first-order chi connectivity index (χ1) is 9.83. The number of hydrogen-bond acceptors (Lipinski definition) is 3. The Morgan fingerprint density at radius 3 is 2.48 bits per heavy atom. The number of anilines is 1. The standard InChI is InChI=1S/C13H9BrF3NO2S/c14-11-5-8(6-21-11)12(19)18-9-1-3-10(4-2-9)20-7-13(15,16)17/h1-6H,7H2,(H,18,19). The second-order valence-corrected chi connectivity index (χ2v) is 6.31. The van der Waals surface area contributed by atoms with Crippen LogP contribution in [0.3, 0.4) is 0 Å². The third kappa shape index (κ3) is 5.05. The number of nitrogens with one attached hydrogen (secondary N) is 1. The van der Waals surface area contributed by atoms with Gasteiger partial charge in [0, 0.05) is 11.1 Å². The van der Waals surface area contributed by atoms with Gasteiger partial charge in [0.05, 0.1) is 9.35 Å². The molecule has 0 bridgehead atoms. The van der Waals surface area contributed by atoms with Crippen molar-refractivity contribution in [1.29, 1.82) is 0 Å². The van der Waals surface area contributed by atoms with Gasteiger partial charge in [-0.2, -0.15) is 13.2 Å². The van der Waals surface area contributed by atoms with Crippen LogP contribution in [0.5, 0.6) is 5.75 Å². The maximum absolute atomic E-state index is 12.0. The zero-order chi connectivity index (χ0) is 15.5. The van der Waals surface area contributed by atoms with Gasteiger partial charge >= 0.3 is 6.18 Å². The van der Waals surface area contributed by atoms with Gasteiger partial charge in [0.25, 0.3) is 5.91 Å². The van der Waals surface area contributed by atoms with E-state index < -0.39 is 12.8 Å². The monoisotopic (exact) mass is 379 g/mol. The predicted molar refractivity (Wildman–Crippen MR) is 78.0 cm³/mol. The molecular weight excluding hydrogens is 371 g/mol. The minimum absolute atomic E-state index is 0.0867. The summed E-state index contributed by atoms with van der Waals surface area (Å²) < 4.78 is 41.4. The van der Waals surface area contributed by atoms with E-state index in [2.05, 4.69) is 26.0 Å². The molecule has 0 aliphatic heterocycles. The highest BCUT2D eigenvalue weighted by Gasteiger charge is 2.28. The molecule has 0 radical (unpaired) electrons. The summed E-state index contributed by atoms with van der Waals surface area (Å²) in [4.78, 5) is 11.9. The molecule has 0 fully saturated rings. The highest BCUT2D eigenvalue weighted by atomic mass is 79.9. The lowest BCUT2D eigenvalue weighted by Gasteiger charge is -2.10. The SMILES string of the molecule is O=C(Nc1ccc(OCC(F)(F)F)cc1)c1csc(Br)c1. The Kier molecular flexibility index (Phi) is 4.89. The summed E-state index contributed by atoms with van der Waals surface area (Å²) in [5.74, 6) is -0.204. The van der Waals surface area contributed by atoms with Gasteiger partial charge in [-0.3, -0.25) is 4.79 Å². The summed E-state index contributed by atoms with van der Waals surface area (Å²) in [6.07, 6.45) is -4.38. The second-order valence-electron chi connectivity index (χ2n) is 4.02. The van der Waals surface area contributed by atoms with Crippen molar-refractivity contribution >= 4 is 38.9 Å². The smallest absolute Gasteiger partial charge is 0.422 e. The van der Waals surface area contributed by atoms with Crippen LogP contribution in [0.1, 0.15) is 10.4 Å². The Labute approximate surface area is 130 Å². The van der Waals surface area contributed by atoms with Crippen LogP contribution >= 0.6 is 27.3 Å². The molecule has 0 spiro atoms. The molecule has 0 atom stereocenters. The molecular formula is C13H9BrF3NO2S. The molecule has 112 valence electrons. The van der Waals surface area contributed by atoms with E-state index in [4.69, 9.17) is 0 Å². The summed E-state index contributed by atoms with van der Waals surface area (Å²) >= 11 is 4.64. The lowest BCUT2D eigenvalue weighted by molar-refractivity contribution is -0.153. The Morgan fingerprint density at radius 2 is 1.95 bits per heavy atom. The van der Waals surface area contributed by atoms with Gasteiger partial charge in [-0.25, -0.2) is 0 Å². The number of ether oxygens (including phenoxy) is 1. The first-order valence-electron chi connectivity index (χ1n) is 5.68. The first-order valence-corrected chi connectivity index (χ1v) is 7.36. The number of rotatable bonds is 4. The third-order valence-corrected chi connectivity index (χ3v) is 3.85. The van der Waals surface area contributed by atoms with Crippen molar-refractivity contribution in [1.82, 2.24) is 0 Å². The molecule has 1 N–H and O–H groups in total. The van der Waals surface area contributed by atoms with Gasteiger partial charge in [0.2, 0.25) is 0 Å². The van der Waals surface area contributed by atoms with Crippen LogP contribution < -0.4 is 10.1 Å². The summed E-state index contributed by atoms with van der Waals surface area (Å²) in [6, 6.07) is 7.37. The van der Waals surface area contributed by atoms with Gasteiger partial charge in [-0.05, 0) is 46.3 Å². The molecule has 1 amide bonds. The van der Waals surface area contributed by atoms with Crippen LogP contribution in [-0.2, 0) is 0 Å². The molecule has 3 nitrogen and oxygen atoms in total. The van der Waals surface area contributed by atoms with Crippen molar-refractivity contribution < 1.29 is 22.7 Å². The van der Waals surface area contributed by atoms with E-state index in [1.54, 1.807) is 11.4 Å². The number of alkyl halides is 3. The number of carbonyl (C=O) groups is 1. The van der Waals surface area contributed by atoms with E-state index in [0.29, 0.717) is 11.3 Å². The highest BCUT2D eigenvalue weighted by Crippen LogP contribution is 2.23. The van der Waals surface area contributed by atoms with Crippen molar-refractivity contribution in [3.63, 3.8) is 0 Å². The fraction of sp³-hybridized carbons (Fsp3) is 0.154. The molecule has 1 aromatic heterocycles. The minimum Gasteiger partial charge on any atom is -0.484 e. The predicted octanol–water partition coefficient (Wildman–Crippen LogP) is 4.70. The molecule has 2 aromatic rings. The van der Waals surface area contributed by atoms with Crippen LogP contribution in [0, 0.1) is 0 Å². The average molecular weight is 380 g/mol. The average Bonchev–Trinajstić information content (AvgIpc) is 2.84. The summed E-state index contributed by atoms with van der Waals surface area (Å²) in [6.45, 7) is -1.35. The molecule has 2 rings (SSSR count). The van der Waals surface area contributed by atoms with Crippen molar-refractivity contribution in [3.05, 3.63) is 45.1 Å². The summed E-state index contributed by atoms with van der Waals surface area (Å²) in [5, 5.41) is 4.33.